The molecule has 0 bridgehead atoms. The Balaban J connectivity index is 1.33. The quantitative estimate of drug-likeness (QED) is 0.273. The molecule has 1 aliphatic heterocycles. The highest BCUT2D eigenvalue weighted by atomic mass is 32.2. The molecule has 0 radical (unpaired) electrons. The van der Waals surface area contributed by atoms with Crippen LogP contribution in [-0.4, -0.2) is 77.1 Å². The Hall–Kier alpha value is -4.98. The van der Waals surface area contributed by atoms with Crippen LogP contribution in [0.5, 0.6) is 5.75 Å². The number of sulfonamides is 1. The maximum atomic E-state index is 13.4. The van der Waals surface area contributed by atoms with Crippen molar-refractivity contribution in [3.05, 3.63) is 90.6 Å². The number of hydrogen-bond acceptors (Lipinski definition) is 9. The number of carbonyl (C=O) groups excluding carboxylic acids is 2. The van der Waals surface area contributed by atoms with Crippen LogP contribution in [0.1, 0.15) is 24.6 Å². The van der Waals surface area contributed by atoms with Crippen LogP contribution < -0.4 is 19.7 Å². The lowest BCUT2D eigenvalue weighted by Crippen LogP contribution is -2.59. The molecule has 1 unspecified atom stereocenters. The number of urea groups is 1. The van der Waals surface area contributed by atoms with Crippen molar-refractivity contribution >= 4 is 27.8 Å². The van der Waals surface area contributed by atoms with Crippen LogP contribution in [0.4, 0.5) is 10.6 Å². The lowest BCUT2D eigenvalue weighted by molar-refractivity contribution is -0.122. The summed E-state index contributed by atoms with van der Waals surface area (Å²) in [6.07, 6.45) is 4.93. The maximum absolute atomic E-state index is 13.4. The van der Waals surface area contributed by atoms with Crippen molar-refractivity contribution in [2.45, 2.75) is 37.8 Å². The summed E-state index contributed by atoms with van der Waals surface area (Å²) < 4.78 is 35.2. The van der Waals surface area contributed by atoms with Gasteiger partial charge in [-0.15, -0.1) is 0 Å². The number of benzene rings is 2. The number of imidazole rings is 1. The molecule has 1 atom stereocenters. The van der Waals surface area contributed by atoms with Gasteiger partial charge in [-0.1, -0.05) is 30.3 Å². The van der Waals surface area contributed by atoms with Gasteiger partial charge in [0.25, 0.3) is 10.0 Å². The number of rotatable bonds is 10. The Labute approximate surface area is 256 Å². The predicted octanol–water partition coefficient (Wildman–Crippen LogP) is 2.67. The lowest BCUT2D eigenvalue weighted by atomic mass is 10.1. The van der Waals surface area contributed by atoms with Gasteiger partial charge in [0.05, 0.1) is 17.5 Å². The zero-order chi connectivity index (χ0) is 31.1. The molecule has 2 N–H and O–H groups in total. The fourth-order valence-electron chi connectivity index (χ4n) is 4.89. The normalized spacial score (nSPS) is 15.1. The van der Waals surface area contributed by atoms with Gasteiger partial charge in [-0.3, -0.25) is 9.36 Å². The monoisotopic (exact) mass is 618 g/mol. The van der Waals surface area contributed by atoms with Crippen molar-refractivity contribution in [3.8, 4) is 11.7 Å². The molecule has 0 saturated carbocycles. The van der Waals surface area contributed by atoms with Crippen LogP contribution in [0.2, 0.25) is 0 Å². The molecular formula is C30H34N8O5S. The van der Waals surface area contributed by atoms with E-state index in [9.17, 15) is 18.0 Å². The van der Waals surface area contributed by atoms with E-state index in [4.69, 9.17) is 9.72 Å². The minimum atomic E-state index is -4.11. The van der Waals surface area contributed by atoms with E-state index in [0.29, 0.717) is 24.9 Å². The van der Waals surface area contributed by atoms with E-state index < -0.39 is 22.1 Å². The number of hydrogen-bond donors (Lipinski definition) is 2. The molecule has 1 aliphatic rings. The summed E-state index contributed by atoms with van der Waals surface area (Å²) in [6, 6.07) is 15.5. The molecule has 3 heterocycles. The predicted molar refractivity (Wildman–Crippen MR) is 163 cm³/mol. The third-order valence-electron chi connectivity index (χ3n) is 7.05. The second kappa shape index (κ2) is 13.5. The number of amides is 3. The number of piperazine rings is 1. The summed E-state index contributed by atoms with van der Waals surface area (Å²) in [7, 11) is -4.11. The number of nitrogens with one attached hydrogen (secondary N) is 2. The van der Waals surface area contributed by atoms with Crippen molar-refractivity contribution in [1.82, 2.24) is 34.5 Å². The standard InChI is InChI=1S/C30H34N8O5S/c1-3-43-25-11-9-23(10-12-25)19-32-28(39)18-24-20-36(27-17-22(2)33-29(34-27)37-14-13-31-21-37)15-16-38(24)30(40)35-44(41,42)26-7-5-4-6-8-26/h4-14,17,21,24H,3,15-16,18-20H2,1-2H3,(H,32,39)(H,35,40). The summed E-state index contributed by atoms with van der Waals surface area (Å²) in [5, 5.41) is 2.91. The maximum Gasteiger partial charge on any atom is 0.331 e. The molecule has 1 fully saturated rings. The molecule has 14 heteroatoms. The number of carbonyl (C=O) groups is 2. The summed E-state index contributed by atoms with van der Waals surface area (Å²) in [5.41, 5.74) is 1.62. The topological polar surface area (TPSA) is 152 Å². The Bertz CT molecular complexity index is 1680. The van der Waals surface area contributed by atoms with Gasteiger partial charge in [-0.2, -0.15) is 4.98 Å². The van der Waals surface area contributed by atoms with E-state index in [2.05, 4.69) is 20.0 Å². The molecule has 2 aromatic carbocycles. The molecule has 4 aromatic rings. The molecule has 44 heavy (non-hydrogen) atoms. The Morgan fingerprint density at radius 1 is 1.05 bits per heavy atom. The number of aryl methyl sites for hydroxylation is 1. The average molecular weight is 619 g/mol. The molecule has 1 saturated heterocycles. The van der Waals surface area contributed by atoms with Gasteiger partial charge in [-0.05, 0) is 43.7 Å². The van der Waals surface area contributed by atoms with Crippen LogP contribution in [0.25, 0.3) is 5.95 Å². The van der Waals surface area contributed by atoms with Crippen LogP contribution in [-0.2, 0) is 21.4 Å². The van der Waals surface area contributed by atoms with Crippen molar-refractivity contribution in [3.63, 3.8) is 0 Å². The number of aromatic nitrogens is 4. The molecule has 2 aromatic heterocycles. The van der Waals surface area contributed by atoms with Gasteiger partial charge in [-0.25, -0.2) is 27.9 Å². The van der Waals surface area contributed by atoms with Crippen LogP contribution in [0.3, 0.4) is 0 Å². The number of anilines is 1. The number of ether oxygens (including phenoxy) is 1. The van der Waals surface area contributed by atoms with Gasteiger partial charge >= 0.3 is 6.03 Å². The van der Waals surface area contributed by atoms with E-state index in [1.165, 1.54) is 17.0 Å². The smallest absolute Gasteiger partial charge is 0.331 e. The summed E-state index contributed by atoms with van der Waals surface area (Å²) in [6.45, 7) is 5.38. The minimum absolute atomic E-state index is 0.0277. The first-order valence-electron chi connectivity index (χ1n) is 14.2. The minimum Gasteiger partial charge on any atom is -0.494 e. The Kier molecular flexibility index (Phi) is 9.38. The third kappa shape index (κ3) is 7.50. The van der Waals surface area contributed by atoms with E-state index >= 15 is 0 Å². The highest BCUT2D eigenvalue weighted by Crippen LogP contribution is 2.22. The first kappa shape index (κ1) is 30.5. The van der Waals surface area contributed by atoms with Crippen LogP contribution in [0, 0.1) is 6.92 Å². The molecule has 230 valence electrons. The lowest BCUT2D eigenvalue weighted by Gasteiger charge is -2.41. The summed E-state index contributed by atoms with van der Waals surface area (Å²) in [4.78, 5) is 43.1. The van der Waals surface area contributed by atoms with Crippen molar-refractivity contribution in [1.29, 1.82) is 0 Å². The van der Waals surface area contributed by atoms with Gasteiger partial charge in [0.15, 0.2) is 0 Å². The molecule has 0 aliphatic carbocycles. The van der Waals surface area contributed by atoms with Crippen molar-refractivity contribution < 1.29 is 22.7 Å². The first-order chi connectivity index (χ1) is 21.2. The fourth-order valence-corrected chi connectivity index (χ4v) is 5.87. The second-order valence-electron chi connectivity index (χ2n) is 10.2. The molecule has 5 rings (SSSR count). The van der Waals surface area contributed by atoms with Gasteiger partial charge in [0.2, 0.25) is 11.9 Å². The third-order valence-corrected chi connectivity index (χ3v) is 8.39. The van der Waals surface area contributed by atoms with Gasteiger partial charge in [0, 0.05) is 56.8 Å². The summed E-state index contributed by atoms with van der Waals surface area (Å²) in [5.74, 6) is 1.52. The second-order valence-corrected chi connectivity index (χ2v) is 11.9. The largest absolute Gasteiger partial charge is 0.494 e. The highest BCUT2D eigenvalue weighted by Gasteiger charge is 2.34. The zero-order valence-corrected chi connectivity index (χ0v) is 25.3. The molecule has 3 amide bonds. The molecule has 13 nitrogen and oxygen atoms in total. The van der Waals surface area contributed by atoms with Gasteiger partial charge in [0.1, 0.15) is 17.9 Å². The SMILES string of the molecule is CCOc1ccc(CNC(=O)CC2CN(c3cc(C)nc(-n4ccnc4)n3)CCN2C(=O)NS(=O)(=O)c2ccccc2)cc1. The van der Waals surface area contributed by atoms with E-state index in [1.807, 2.05) is 49.1 Å². The van der Waals surface area contributed by atoms with Crippen LogP contribution >= 0.6 is 0 Å². The van der Waals surface area contributed by atoms with Crippen LogP contribution in [0.15, 0.2) is 84.3 Å². The fraction of sp³-hybridized carbons (Fsp3) is 0.300. The number of nitrogens with zero attached hydrogens (tertiary/aromatic N) is 6. The van der Waals surface area contributed by atoms with E-state index in [-0.39, 0.29) is 36.9 Å². The molecule has 0 spiro atoms. The average Bonchev–Trinajstić information content (AvgIpc) is 3.56. The molecular weight excluding hydrogens is 584 g/mol. The first-order valence-corrected chi connectivity index (χ1v) is 15.7. The van der Waals surface area contributed by atoms with E-state index in [1.54, 1.807) is 41.5 Å². The summed E-state index contributed by atoms with van der Waals surface area (Å²) >= 11 is 0. The van der Waals surface area contributed by atoms with Crippen molar-refractivity contribution in [2.75, 3.05) is 31.1 Å². The van der Waals surface area contributed by atoms with Gasteiger partial charge < -0.3 is 19.9 Å². The van der Waals surface area contributed by atoms with E-state index in [0.717, 1.165) is 17.0 Å². The Morgan fingerprint density at radius 3 is 2.52 bits per heavy atom. The Morgan fingerprint density at radius 2 is 1.82 bits per heavy atom. The van der Waals surface area contributed by atoms with Crippen molar-refractivity contribution in [2.24, 2.45) is 0 Å². The zero-order valence-electron chi connectivity index (χ0n) is 24.5. The highest BCUT2D eigenvalue weighted by molar-refractivity contribution is 7.90.